The minimum Gasteiger partial charge on any atom is -0.361 e. The monoisotopic (exact) mass is 368 g/mol. The molecule has 23 heavy (non-hydrogen) atoms. The van der Waals surface area contributed by atoms with Gasteiger partial charge in [-0.15, -0.1) is 11.3 Å². The molecule has 124 valence electrons. The molecule has 1 N–H and O–H groups in total. The number of aromatic nitrogens is 1. The Morgan fingerprint density at radius 3 is 2.91 bits per heavy atom. The quantitative estimate of drug-likeness (QED) is 0.628. The lowest BCUT2D eigenvalue weighted by molar-refractivity contribution is 0.400. The lowest BCUT2D eigenvalue weighted by Gasteiger charge is -2.09. The van der Waals surface area contributed by atoms with Crippen molar-refractivity contribution >= 4 is 40.3 Å². The number of hydrogen-bond donors (Lipinski definition) is 1. The summed E-state index contributed by atoms with van der Waals surface area (Å²) in [4.78, 5) is 7.53. The van der Waals surface area contributed by atoms with Crippen LogP contribution in [0.4, 0.5) is 0 Å². The van der Waals surface area contributed by atoms with Gasteiger partial charge in [0.15, 0.2) is 9.91 Å². The van der Waals surface area contributed by atoms with Gasteiger partial charge in [0.25, 0.3) is 0 Å². The smallest absolute Gasteiger partial charge is 0.195 e. The predicted molar refractivity (Wildman–Crippen MR) is 102 cm³/mol. The second kappa shape index (κ2) is 9.17. The van der Waals surface area contributed by atoms with Crippen LogP contribution in [-0.2, 0) is 6.54 Å². The van der Waals surface area contributed by atoms with E-state index in [0.717, 1.165) is 34.9 Å². The molecule has 4 nitrogen and oxygen atoms in total. The Balaban J connectivity index is 1.99. The highest BCUT2D eigenvalue weighted by atomic mass is 35.5. The Morgan fingerprint density at radius 2 is 2.17 bits per heavy atom. The van der Waals surface area contributed by atoms with E-state index in [0.29, 0.717) is 11.7 Å². The number of thiazole rings is 1. The number of benzene rings is 1. The van der Waals surface area contributed by atoms with Crippen LogP contribution in [0.25, 0.3) is 0 Å². The molecule has 0 aliphatic carbocycles. The van der Waals surface area contributed by atoms with Crippen molar-refractivity contribution in [3.05, 3.63) is 51.2 Å². The second-order valence-electron chi connectivity index (χ2n) is 5.41. The van der Waals surface area contributed by atoms with Gasteiger partial charge >= 0.3 is 0 Å². The summed E-state index contributed by atoms with van der Waals surface area (Å²) in [6.07, 6.45) is 3.04. The third-order valence-electron chi connectivity index (χ3n) is 3.21. The van der Waals surface area contributed by atoms with Gasteiger partial charge in [-0.1, -0.05) is 29.8 Å². The fraction of sp³-hybridized carbons (Fsp3) is 0.375. The maximum Gasteiger partial charge on any atom is 0.195 e. The number of nitrogens with one attached hydrogen (secondary N) is 1. The fourth-order valence-electron chi connectivity index (χ4n) is 2.03. The summed E-state index contributed by atoms with van der Waals surface area (Å²) in [5.41, 5.74) is 1.07. The van der Waals surface area contributed by atoms with E-state index in [2.05, 4.69) is 33.9 Å². The Hall–Kier alpha value is -1.21. The molecule has 2 aromatic rings. The van der Waals surface area contributed by atoms with Crippen molar-refractivity contribution in [3.8, 4) is 0 Å². The summed E-state index contributed by atoms with van der Waals surface area (Å²) in [6, 6.07) is 7.84. The Morgan fingerprint density at radius 1 is 1.39 bits per heavy atom. The molecule has 1 heterocycles. The van der Waals surface area contributed by atoms with Gasteiger partial charge in [-0.2, -0.15) is 4.99 Å². The minimum absolute atomic E-state index is 0.527. The van der Waals surface area contributed by atoms with Gasteiger partial charge < -0.3 is 14.8 Å². The highest BCUT2D eigenvalue weighted by Gasteiger charge is 2.03. The largest absolute Gasteiger partial charge is 0.361 e. The van der Waals surface area contributed by atoms with Crippen molar-refractivity contribution in [1.82, 2.24) is 14.8 Å². The van der Waals surface area contributed by atoms with Crippen molar-refractivity contribution < 1.29 is 0 Å². The van der Waals surface area contributed by atoms with E-state index in [1.54, 1.807) is 11.3 Å². The van der Waals surface area contributed by atoms with Crippen LogP contribution < -0.4 is 10.1 Å². The number of rotatable bonds is 6. The normalized spacial score (nSPS) is 11.9. The average molecular weight is 369 g/mol. The zero-order valence-electron chi connectivity index (χ0n) is 13.3. The van der Waals surface area contributed by atoms with Crippen molar-refractivity contribution in [1.29, 1.82) is 0 Å². The van der Waals surface area contributed by atoms with Gasteiger partial charge in [0.05, 0.1) is 6.54 Å². The van der Waals surface area contributed by atoms with Gasteiger partial charge in [0, 0.05) is 23.1 Å². The Kier molecular flexibility index (Phi) is 7.23. The average Bonchev–Trinajstić information content (AvgIpc) is 2.93. The molecular weight excluding hydrogens is 348 g/mol. The molecule has 0 atom stereocenters. The van der Waals surface area contributed by atoms with Crippen molar-refractivity contribution in [2.24, 2.45) is 4.99 Å². The summed E-state index contributed by atoms with van der Waals surface area (Å²) >= 11 is 13.1. The van der Waals surface area contributed by atoms with Crippen LogP contribution >= 0.6 is 35.2 Å². The van der Waals surface area contributed by atoms with Gasteiger partial charge in [-0.05, 0) is 50.9 Å². The van der Waals surface area contributed by atoms with Gasteiger partial charge in [-0.25, -0.2) is 0 Å². The number of hydrogen-bond acceptors (Lipinski definition) is 3. The van der Waals surface area contributed by atoms with E-state index in [1.165, 1.54) is 0 Å². The van der Waals surface area contributed by atoms with Crippen LogP contribution in [-0.4, -0.2) is 41.8 Å². The molecule has 2 rings (SSSR count). The molecule has 1 aromatic heterocycles. The minimum atomic E-state index is 0.527. The molecule has 0 bridgehead atoms. The van der Waals surface area contributed by atoms with Crippen LogP contribution in [0.3, 0.4) is 0 Å². The number of nitrogens with zero attached hydrogens (tertiary/aromatic N) is 3. The fourth-order valence-corrected chi connectivity index (χ4v) is 3.21. The molecule has 0 saturated heterocycles. The Labute approximate surface area is 151 Å². The zero-order chi connectivity index (χ0) is 16.7. The molecule has 0 aliphatic rings. The SMILES string of the molecule is CN(C)CCCNC(=S)/N=c1/sccn1Cc1ccccc1Cl. The summed E-state index contributed by atoms with van der Waals surface area (Å²) in [7, 11) is 4.12. The molecule has 0 radical (unpaired) electrons. The first-order valence-corrected chi connectivity index (χ1v) is 9.07. The summed E-state index contributed by atoms with van der Waals surface area (Å²) in [5.74, 6) is 0. The molecule has 1 aromatic carbocycles. The van der Waals surface area contributed by atoms with E-state index >= 15 is 0 Å². The molecule has 0 saturated carbocycles. The van der Waals surface area contributed by atoms with E-state index in [9.17, 15) is 0 Å². The third kappa shape index (κ3) is 6.06. The van der Waals surface area contributed by atoms with E-state index in [-0.39, 0.29) is 0 Å². The lowest BCUT2D eigenvalue weighted by Crippen LogP contribution is -2.27. The maximum atomic E-state index is 6.23. The third-order valence-corrected chi connectivity index (χ3v) is 4.61. The molecule has 0 aliphatic heterocycles. The standard InChI is InChI=1S/C16H21ClN4S2/c1-20(2)9-5-8-18-15(22)19-16-21(10-11-23-16)12-13-6-3-4-7-14(13)17/h3-4,6-7,10-11H,5,8-9,12H2,1-2H3,(H,18,22)/b19-16+. The highest BCUT2D eigenvalue weighted by molar-refractivity contribution is 7.80. The van der Waals surface area contributed by atoms with Crippen LogP contribution in [0, 0.1) is 0 Å². The second-order valence-corrected chi connectivity index (χ2v) is 7.07. The van der Waals surface area contributed by atoms with Crippen molar-refractivity contribution in [2.45, 2.75) is 13.0 Å². The van der Waals surface area contributed by atoms with Crippen LogP contribution in [0.1, 0.15) is 12.0 Å². The van der Waals surface area contributed by atoms with Crippen LogP contribution in [0.5, 0.6) is 0 Å². The van der Waals surface area contributed by atoms with Crippen molar-refractivity contribution in [2.75, 3.05) is 27.2 Å². The van der Waals surface area contributed by atoms with Gasteiger partial charge in [0.2, 0.25) is 0 Å². The van der Waals surface area contributed by atoms with Crippen LogP contribution in [0.2, 0.25) is 5.02 Å². The van der Waals surface area contributed by atoms with Gasteiger partial charge in [-0.3, -0.25) is 0 Å². The number of halogens is 1. The molecule has 7 heteroatoms. The van der Waals surface area contributed by atoms with Crippen LogP contribution in [0.15, 0.2) is 40.8 Å². The van der Waals surface area contributed by atoms with E-state index in [1.807, 2.05) is 35.8 Å². The molecule has 0 fully saturated rings. The van der Waals surface area contributed by atoms with E-state index < -0.39 is 0 Å². The Bertz CT molecular complexity index is 706. The molecule has 0 amide bonds. The first-order chi connectivity index (χ1) is 11.1. The molecular formula is C16H21ClN4S2. The lowest BCUT2D eigenvalue weighted by atomic mass is 10.2. The molecule has 0 spiro atoms. The highest BCUT2D eigenvalue weighted by Crippen LogP contribution is 2.15. The molecule has 0 unspecified atom stereocenters. The zero-order valence-corrected chi connectivity index (χ0v) is 15.7. The van der Waals surface area contributed by atoms with E-state index in [4.69, 9.17) is 23.8 Å². The maximum absolute atomic E-state index is 6.23. The summed E-state index contributed by atoms with van der Waals surface area (Å²) in [5, 5.41) is 6.48. The first-order valence-electron chi connectivity index (χ1n) is 7.41. The summed E-state index contributed by atoms with van der Waals surface area (Å²) in [6.45, 7) is 2.54. The summed E-state index contributed by atoms with van der Waals surface area (Å²) < 4.78 is 2.06. The topological polar surface area (TPSA) is 32.6 Å². The van der Waals surface area contributed by atoms with Crippen molar-refractivity contribution in [3.63, 3.8) is 0 Å². The predicted octanol–water partition coefficient (Wildman–Crippen LogP) is 2.98. The van der Waals surface area contributed by atoms with Gasteiger partial charge in [0.1, 0.15) is 0 Å². The first kappa shape index (κ1) is 18.1. The number of thiocarbonyl (C=S) groups is 1.